The van der Waals surface area contributed by atoms with Crippen molar-refractivity contribution in [1.82, 2.24) is 9.88 Å². The van der Waals surface area contributed by atoms with E-state index in [2.05, 4.69) is 10.3 Å². The van der Waals surface area contributed by atoms with E-state index in [1.54, 1.807) is 18.2 Å². The Morgan fingerprint density at radius 1 is 1.28 bits per heavy atom. The Morgan fingerprint density at radius 2 is 2.06 bits per heavy atom. The smallest absolute Gasteiger partial charge is 0.419 e. The monoisotopic (exact) mass is 469 g/mol. The van der Waals surface area contributed by atoms with Gasteiger partial charge in [-0.05, 0) is 42.2 Å². The van der Waals surface area contributed by atoms with E-state index in [0.29, 0.717) is 43.3 Å². The average Bonchev–Trinajstić information content (AvgIpc) is 2.77. The summed E-state index contributed by atoms with van der Waals surface area (Å²) in [6.45, 7) is 1.32. The zero-order chi connectivity index (χ0) is 23.3. The summed E-state index contributed by atoms with van der Waals surface area (Å²) in [5.41, 5.74) is 1.91. The molecule has 6 nitrogen and oxygen atoms in total. The van der Waals surface area contributed by atoms with Crippen LogP contribution in [0.25, 0.3) is 5.57 Å². The highest BCUT2D eigenvalue weighted by Crippen LogP contribution is 2.37. The summed E-state index contributed by atoms with van der Waals surface area (Å²) in [5, 5.41) is 3.16. The molecule has 10 heteroatoms. The Bertz CT molecular complexity index is 1010. The second kappa shape index (κ2) is 10.2. The quantitative estimate of drug-likeness (QED) is 0.625. The van der Waals surface area contributed by atoms with Gasteiger partial charge in [0.15, 0.2) is 0 Å². The number of benzene rings is 1. The SMILES string of the molecule is COCCc1cnc(C2=CCN(C(=O)Nc3ccc(C(F)(F)F)c(OC)c3)CC2)c(Cl)c1. The molecule has 2 heterocycles. The maximum absolute atomic E-state index is 13.0. The molecule has 0 radical (unpaired) electrons. The van der Waals surface area contributed by atoms with Crippen LogP contribution < -0.4 is 10.1 Å². The summed E-state index contributed by atoms with van der Waals surface area (Å²) in [4.78, 5) is 18.6. The zero-order valence-electron chi connectivity index (χ0n) is 17.6. The molecule has 1 aromatic carbocycles. The van der Waals surface area contributed by atoms with Gasteiger partial charge < -0.3 is 19.7 Å². The fourth-order valence-electron chi connectivity index (χ4n) is 3.34. The van der Waals surface area contributed by atoms with Gasteiger partial charge in [-0.2, -0.15) is 13.2 Å². The number of rotatable bonds is 6. The maximum atomic E-state index is 13.0. The van der Waals surface area contributed by atoms with E-state index in [0.717, 1.165) is 30.4 Å². The fraction of sp³-hybridized carbons (Fsp3) is 0.364. The van der Waals surface area contributed by atoms with Crippen molar-refractivity contribution in [3.8, 4) is 5.75 Å². The summed E-state index contributed by atoms with van der Waals surface area (Å²) in [6, 6.07) is 4.67. The molecule has 0 saturated heterocycles. The lowest BCUT2D eigenvalue weighted by atomic mass is 10.0. The first kappa shape index (κ1) is 23.9. The van der Waals surface area contributed by atoms with Crippen LogP contribution in [-0.2, 0) is 17.3 Å². The number of hydrogen-bond donors (Lipinski definition) is 1. The Hall–Kier alpha value is -2.78. The Morgan fingerprint density at radius 3 is 2.66 bits per heavy atom. The van der Waals surface area contributed by atoms with E-state index in [9.17, 15) is 18.0 Å². The molecule has 0 fully saturated rings. The van der Waals surface area contributed by atoms with Crippen LogP contribution in [0.3, 0.4) is 0 Å². The van der Waals surface area contributed by atoms with Crippen LogP contribution in [0.15, 0.2) is 36.5 Å². The fourth-order valence-corrected chi connectivity index (χ4v) is 3.66. The Balaban J connectivity index is 1.65. The van der Waals surface area contributed by atoms with Gasteiger partial charge in [0.25, 0.3) is 0 Å². The summed E-state index contributed by atoms with van der Waals surface area (Å²) < 4.78 is 48.9. The number of carbonyl (C=O) groups excluding carboxylic acids is 1. The van der Waals surface area contributed by atoms with E-state index in [1.807, 2.05) is 12.1 Å². The molecule has 1 N–H and O–H groups in total. The molecule has 1 aliphatic rings. The number of aromatic nitrogens is 1. The number of urea groups is 1. The lowest BCUT2D eigenvalue weighted by molar-refractivity contribution is -0.138. The topological polar surface area (TPSA) is 63.7 Å². The molecule has 172 valence electrons. The molecular formula is C22H23ClF3N3O3. The highest BCUT2D eigenvalue weighted by atomic mass is 35.5. The van der Waals surface area contributed by atoms with Crippen molar-refractivity contribution < 1.29 is 27.4 Å². The third kappa shape index (κ3) is 5.72. The summed E-state index contributed by atoms with van der Waals surface area (Å²) in [6.07, 6.45) is 0.357. The van der Waals surface area contributed by atoms with Gasteiger partial charge in [0.2, 0.25) is 0 Å². The van der Waals surface area contributed by atoms with Crippen molar-refractivity contribution in [2.45, 2.75) is 19.0 Å². The zero-order valence-corrected chi connectivity index (χ0v) is 18.4. The first-order valence-electron chi connectivity index (χ1n) is 9.87. The van der Waals surface area contributed by atoms with Gasteiger partial charge >= 0.3 is 12.2 Å². The van der Waals surface area contributed by atoms with Crippen LogP contribution in [0.5, 0.6) is 5.75 Å². The van der Waals surface area contributed by atoms with E-state index in [4.69, 9.17) is 21.1 Å². The van der Waals surface area contributed by atoms with Crippen LogP contribution in [0.2, 0.25) is 5.02 Å². The van der Waals surface area contributed by atoms with Gasteiger partial charge in [-0.15, -0.1) is 0 Å². The third-order valence-electron chi connectivity index (χ3n) is 5.05. The number of anilines is 1. The van der Waals surface area contributed by atoms with Crippen molar-refractivity contribution in [3.63, 3.8) is 0 Å². The van der Waals surface area contributed by atoms with Crippen LogP contribution in [0, 0.1) is 0 Å². The number of alkyl halides is 3. The highest BCUT2D eigenvalue weighted by Gasteiger charge is 2.34. The van der Waals surface area contributed by atoms with Crippen LogP contribution in [0.1, 0.15) is 23.2 Å². The molecule has 32 heavy (non-hydrogen) atoms. The van der Waals surface area contributed by atoms with E-state index in [1.165, 1.54) is 6.07 Å². The molecule has 0 aliphatic carbocycles. The number of methoxy groups -OCH3 is 2. The second-order valence-electron chi connectivity index (χ2n) is 7.19. The molecule has 0 spiro atoms. The molecule has 1 aromatic heterocycles. The summed E-state index contributed by atoms with van der Waals surface area (Å²) in [5.74, 6) is -0.356. The molecular weight excluding hydrogens is 447 g/mol. The van der Waals surface area contributed by atoms with Gasteiger partial charge in [0.05, 0.1) is 30.0 Å². The molecule has 0 unspecified atom stereocenters. The number of hydrogen-bond acceptors (Lipinski definition) is 4. The highest BCUT2D eigenvalue weighted by molar-refractivity contribution is 6.32. The van der Waals surface area contributed by atoms with Crippen molar-refractivity contribution in [2.24, 2.45) is 0 Å². The molecule has 0 atom stereocenters. The van der Waals surface area contributed by atoms with Crippen LogP contribution >= 0.6 is 11.6 Å². The largest absolute Gasteiger partial charge is 0.496 e. The number of nitrogens with zero attached hydrogens (tertiary/aromatic N) is 2. The van der Waals surface area contributed by atoms with Crippen molar-refractivity contribution in [2.75, 3.05) is 39.2 Å². The number of amides is 2. The molecule has 2 aromatic rings. The van der Waals surface area contributed by atoms with Gasteiger partial charge in [-0.25, -0.2) is 4.79 Å². The predicted molar refractivity (Wildman–Crippen MR) is 116 cm³/mol. The number of nitrogens with one attached hydrogen (secondary N) is 1. The Kier molecular flexibility index (Phi) is 7.63. The standard InChI is InChI=1S/C22H23ClF3N3O3/c1-31-10-7-14-11-18(23)20(27-13-14)15-5-8-29(9-6-15)21(30)28-16-3-4-17(22(24,25)26)19(12-16)32-2/h3-5,11-13H,6-10H2,1-2H3,(H,28,30). The van der Waals surface area contributed by atoms with Crippen molar-refractivity contribution in [1.29, 1.82) is 0 Å². The minimum atomic E-state index is -4.54. The van der Waals surface area contributed by atoms with Crippen LogP contribution in [-0.4, -0.2) is 49.8 Å². The van der Waals surface area contributed by atoms with Crippen molar-refractivity contribution in [3.05, 3.63) is 58.4 Å². The lowest BCUT2D eigenvalue weighted by Gasteiger charge is -2.27. The van der Waals surface area contributed by atoms with Gasteiger partial charge in [-0.3, -0.25) is 4.98 Å². The first-order valence-corrected chi connectivity index (χ1v) is 10.2. The molecule has 1 aliphatic heterocycles. The van der Waals surface area contributed by atoms with E-state index < -0.39 is 17.8 Å². The van der Waals surface area contributed by atoms with Crippen LogP contribution in [0.4, 0.5) is 23.7 Å². The normalized spacial score (nSPS) is 14.2. The van der Waals surface area contributed by atoms with Gasteiger partial charge in [-0.1, -0.05) is 17.7 Å². The third-order valence-corrected chi connectivity index (χ3v) is 5.34. The molecule has 0 bridgehead atoms. The second-order valence-corrected chi connectivity index (χ2v) is 7.59. The molecule has 0 saturated carbocycles. The van der Waals surface area contributed by atoms with E-state index >= 15 is 0 Å². The number of ether oxygens (including phenoxy) is 2. The maximum Gasteiger partial charge on any atom is 0.419 e. The summed E-state index contributed by atoms with van der Waals surface area (Å²) in [7, 11) is 2.78. The predicted octanol–water partition coefficient (Wildman–Crippen LogP) is 5.27. The first-order chi connectivity index (χ1) is 15.2. The lowest BCUT2D eigenvalue weighted by Crippen LogP contribution is -2.38. The van der Waals surface area contributed by atoms with E-state index in [-0.39, 0.29) is 11.4 Å². The van der Waals surface area contributed by atoms with Gasteiger partial charge in [0.1, 0.15) is 5.75 Å². The minimum Gasteiger partial charge on any atom is -0.496 e. The number of halogens is 4. The van der Waals surface area contributed by atoms with Gasteiger partial charge in [0, 0.05) is 38.1 Å². The molecule has 2 amide bonds. The summed E-state index contributed by atoms with van der Waals surface area (Å²) >= 11 is 6.39. The van der Waals surface area contributed by atoms with Crippen molar-refractivity contribution >= 4 is 28.9 Å². The molecule has 3 rings (SSSR count). The number of pyridine rings is 1. The number of carbonyl (C=O) groups is 1. The Labute approximate surface area is 189 Å². The minimum absolute atomic E-state index is 0.214. The average molecular weight is 470 g/mol.